The predicted octanol–water partition coefficient (Wildman–Crippen LogP) is 2.26. The number of likely N-dealkylation sites (tertiary alicyclic amines) is 1. The number of nitrogens with one attached hydrogen (secondary N) is 1. The van der Waals surface area contributed by atoms with Gasteiger partial charge in [0.1, 0.15) is 0 Å². The van der Waals surface area contributed by atoms with Gasteiger partial charge in [-0.3, -0.25) is 9.59 Å². The standard InChI is InChI=1S/C20H30N2O4/c1-14(2)7-9-21-20(24)16-12-19(23)22(13-16)10-8-15-5-6-17(25-3)18(11-15)26-4/h5-6,11,14,16H,7-10,12-13H2,1-4H3,(H,21,24). The summed E-state index contributed by atoms with van der Waals surface area (Å²) in [6, 6.07) is 5.76. The van der Waals surface area contributed by atoms with Crippen LogP contribution in [0.2, 0.25) is 0 Å². The SMILES string of the molecule is COc1ccc(CCN2CC(C(=O)NCCC(C)C)CC2=O)cc1OC. The van der Waals surface area contributed by atoms with Gasteiger partial charge in [0.15, 0.2) is 11.5 Å². The molecule has 26 heavy (non-hydrogen) atoms. The van der Waals surface area contributed by atoms with Crippen LogP contribution in [0, 0.1) is 11.8 Å². The third kappa shape index (κ3) is 5.38. The molecule has 1 heterocycles. The van der Waals surface area contributed by atoms with Gasteiger partial charge in [0.2, 0.25) is 11.8 Å². The van der Waals surface area contributed by atoms with Crippen molar-refractivity contribution in [2.24, 2.45) is 11.8 Å². The highest BCUT2D eigenvalue weighted by Gasteiger charge is 2.33. The van der Waals surface area contributed by atoms with Crippen molar-refractivity contribution in [3.05, 3.63) is 23.8 Å². The van der Waals surface area contributed by atoms with Gasteiger partial charge < -0.3 is 19.7 Å². The third-order valence-electron chi connectivity index (χ3n) is 4.72. The van der Waals surface area contributed by atoms with E-state index in [1.165, 1.54) is 0 Å². The van der Waals surface area contributed by atoms with Crippen LogP contribution in [0.25, 0.3) is 0 Å². The fourth-order valence-electron chi connectivity index (χ4n) is 3.09. The maximum absolute atomic E-state index is 12.2. The van der Waals surface area contributed by atoms with Gasteiger partial charge in [0.05, 0.1) is 20.1 Å². The molecule has 0 saturated carbocycles. The Kier molecular flexibility index (Phi) is 7.30. The van der Waals surface area contributed by atoms with E-state index < -0.39 is 0 Å². The largest absolute Gasteiger partial charge is 0.493 e. The van der Waals surface area contributed by atoms with E-state index in [4.69, 9.17) is 9.47 Å². The lowest BCUT2D eigenvalue weighted by molar-refractivity contribution is -0.129. The number of hydrogen-bond acceptors (Lipinski definition) is 4. The van der Waals surface area contributed by atoms with E-state index in [1.54, 1.807) is 19.1 Å². The van der Waals surface area contributed by atoms with Crippen molar-refractivity contribution in [3.8, 4) is 11.5 Å². The molecule has 144 valence electrons. The predicted molar refractivity (Wildman–Crippen MR) is 100 cm³/mol. The smallest absolute Gasteiger partial charge is 0.225 e. The molecule has 0 radical (unpaired) electrons. The zero-order valence-corrected chi connectivity index (χ0v) is 16.2. The fourth-order valence-corrected chi connectivity index (χ4v) is 3.09. The van der Waals surface area contributed by atoms with Crippen LogP contribution in [0.5, 0.6) is 11.5 Å². The van der Waals surface area contributed by atoms with E-state index in [2.05, 4.69) is 19.2 Å². The van der Waals surface area contributed by atoms with E-state index >= 15 is 0 Å². The van der Waals surface area contributed by atoms with Crippen LogP contribution in [0.3, 0.4) is 0 Å². The number of amides is 2. The second-order valence-electron chi connectivity index (χ2n) is 7.15. The first-order chi connectivity index (χ1) is 12.4. The van der Waals surface area contributed by atoms with Gasteiger partial charge in [0, 0.05) is 26.1 Å². The fraction of sp³-hybridized carbons (Fsp3) is 0.600. The van der Waals surface area contributed by atoms with Gasteiger partial charge in [-0.2, -0.15) is 0 Å². The van der Waals surface area contributed by atoms with E-state index in [-0.39, 0.29) is 17.7 Å². The van der Waals surface area contributed by atoms with Crippen molar-refractivity contribution >= 4 is 11.8 Å². The monoisotopic (exact) mass is 362 g/mol. The summed E-state index contributed by atoms with van der Waals surface area (Å²) in [5.74, 6) is 1.73. The van der Waals surface area contributed by atoms with Crippen molar-refractivity contribution in [3.63, 3.8) is 0 Å². The number of hydrogen-bond donors (Lipinski definition) is 1. The summed E-state index contributed by atoms with van der Waals surface area (Å²) in [7, 11) is 3.21. The molecule has 1 aromatic rings. The van der Waals surface area contributed by atoms with E-state index in [0.29, 0.717) is 49.9 Å². The van der Waals surface area contributed by atoms with Crippen LogP contribution in [0.1, 0.15) is 32.3 Å². The summed E-state index contributed by atoms with van der Waals surface area (Å²) in [5, 5.41) is 2.95. The molecular formula is C20H30N2O4. The Hall–Kier alpha value is -2.24. The highest BCUT2D eigenvalue weighted by atomic mass is 16.5. The third-order valence-corrected chi connectivity index (χ3v) is 4.72. The number of nitrogens with zero attached hydrogens (tertiary/aromatic N) is 1. The Labute approximate surface area is 155 Å². The highest BCUT2D eigenvalue weighted by Crippen LogP contribution is 2.28. The summed E-state index contributed by atoms with van der Waals surface area (Å²) in [6.07, 6.45) is 1.97. The molecule has 6 nitrogen and oxygen atoms in total. The average Bonchev–Trinajstić information content (AvgIpc) is 3.00. The van der Waals surface area contributed by atoms with Crippen molar-refractivity contribution in [2.45, 2.75) is 33.1 Å². The first-order valence-corrected chi connectivity index (χ1v) is 9.21. The Balaban J connectivity index is 1.85. The molecule has 2 amide bonds. The zero-order chi connectivity index (χ0) is 19.1. The molecule has 0 aromatic heterocycles. The molecule has 2 rings (SSSR count). The Morgan fingerprint density at radius 2 is 2.00 bits per heavy atom. The quantitative estimate of drug-likeness (QED) is 0.732. The van der Waals surface area contributed by atoms with E-state index in [1.807, 2.05) is 18.2 Å². The lowest BCUT2D eigenvalue weighted by Gasteiger charge is -2.17. The first kappa shape index (κ1) is 20.1. The second-order valence-corrected chi connectivity index (χ2v) is 7.15. The Morgan fingerprint density at radius 3 is 2.65 bits per heavy atom. The zero-order valence-electron chi connectivity index (χ0n) is 16.2. The number of carbonyl (C=O) groups excluding carboxylic acids is 2. The molecule has 1 aliphatic heterocycles. The minimum absolute atomic E-state index is 0.00684. The summed E-state index contributed by atoms with van der Waals surface area (Å²) in [5.41, 5.74) is 1.07. The molecule has 1 saturated heterocycles. The topological polar surface area (TPSA) is 67.9 Å². The van der Waals surface area contributed by atoms with Crippen LogP contribution in [-0.4, -0.2) is 50.6 Å². The maximum Gasteiger partial charge on any atom is 0.225 e. The molecule has 6 heteroatoms. The number of methoxy groups -OCH3 is 2. The highest BCUT2D eigenvalue weighted by molar-refractivity contribution is 5.89. The van der Waals surface area contributed by atoms with Crippen molar-refractivity contribution in [1.29, 1.82) is 0 Å². The van der Waals surface area contributed by atoms with Crippen molar-refractivity contribution in [1.82, 2.24) is 10.2 Å². The summed E-state index contributed by atoms with van der Waals surface area (Å²) in [6.45, 7) is 6.03. The van der Waals surface area contributed by atoms with Crippen LogP contribution in [0.15, 0.2) is 18.2 Å². The Morgan fingerprint density at radius 1 is 1.27 bits per heavy atom. The normalized spacial score (nSPS) is 16.9. The Bertz CT molecular complexity index is 630. The van der Waals surface area contributed by atoms with Gasteiger partial charge in [-0.05, 0) is 36.5 Å². The van der Waals surface area contributed by atoms with Gasteiger partial charge >= 0.3 is 0 Å². The number of benzene rings is 1. The summed E-state index contributed by atoms with van der Waals surface area (Å²) >= 11 is 0. The first-order valence-electron chi connectivity index (χ1n) is 9.21. The molecule has 1 N–H and O–H groups in total. The van der Waals surface area contributed by atoms with E-state index in [9.17, 15) is 9.59 Å². The lowest BCUT2D eigenvalue weighted by Crippen LogP contribution is -2.34. The summed E-state index contributed by atoms with van der Waals surface area (Å²) < 4.78 is 10.6. The molecule has 0 aliphatic carbocycles. The van der Waals surface area contributed by atoms with Crippen molar-refractivity contribution < 1.29 is 19.1 Å². The number of ether oxygens (including phenoxy) is 2. The second kappa shape index (κ2) is 9.46. The van der Waals surface area contributed by atoms with E-state index in [0.717, 1.165) is 12.0 Å². The van der Waals surface area contributed by atoms with Gasteiger partial charge in [-0.1, -0.05) is 19.9 Å². The molecule has 1 fully saturated rings. The minimum Gasteiger partial charge on any atom is -0.493 e. The van der Waals surface area contributed by atoms with Crippen LogP contribution >= 0.6 is 0 Å². The maximum atomic E-state index is 12.2. The van der Waals surface area contributed by atoms with Crippen LogP contribution < -0.4 is 14.8 Å². The van der Waals surface area contributed by atoms with Gasteiger partial charge in [0.25, 0.3) is 0 Å². The molecule has 1 atom stereocenters. The van der Waals surface area contributed by atoms with Crippen molar-refractivity contribution in [2.75, 3.05) is 33.9 Å². The summed E-state index contributed by atoms with van der Waals surface area (Å²) in [4.78, 5) is 26.2. The van der Waals surface area contributed by atoms with Gasteiger partial charge in [-0.15, -0.1) is 0 Å². The van der Waals surface area contributed by atoms with Crippen LogP contribution in [-0.2, 0) is 16.0 Å². The molecule has 0 spiro atoms. The molecule has 1 aromatic carbocycles. The minimum atomic E-state index is -0.236. The molecule has 1 unspecified atom stereocenters. The molecule has 0 bridgehead atoms. The lowest BCUT2D eigenvalue weighted by atomic mass is 10.1. The number of carbonyl (C=O) groups is 2. The average molecular weight is 362 g/mol. The van der Waals surface area contributed by atoms with Crippen LogP contribution in [0.4, 0.5) is 0 Å². The van der Waals surface area contributed by atoms with Gasteiger partial charge in [-0.25, -0.2) is 0 Å². The molecule has 1 aliphatic rings. The number of rotatable bonds is 9. The molecular weight excluding hydrogens is 332 g/mol.